The lowest BCUT2D eigenvalue weighted by Crippen LogP contribution is -2.17. The number of halogens is 2. The summed E-state index contributed by atoms with van der Waals surface area (Å²) >= 11 is 5.89. The molecule has 4 rings (SSSR count). The molecule has 1 unspecified atom stereocenters. The quantitative estimate of drug-likeness (QED) is 0.248. The third-order valence-corrected chi connectivity index (χ3v) is 5.22. The van der Waals surface area contributed by atoms with Gasteiger partial charge in [-0.15, -0.1) is 0 Å². The maximum absolute atomic E-state index is 13.5. The Morgan fingerprint density at radius 3 is 2.94 bits per heavy atom. The molecular weight excluding hydrogens is 479 g/mol. The summed E-state index contributed by atoms with van der Waals surface area (Å²) in [5.41, 5.74) is 2.71. The van der Waals surface area contributed by atoms with Crippen LogP contribution >= 0.6 is 11.6 Å². The Hall–Kier alpha value is -4.07. The summed E-state index contributed by atoms with van der Waals surface area (Å²) in [4.78, 5) is 19.6. The van der Waals surface area contributed by atoms with E-state index in [1.165, 1.54) is 25.6 Å². The number of nitrogens with zero attached hydrogens (tertiary/aromatic N) is 2. The van der Waals surface area contributed by atoms with Gasteiger partial charge in [-0.2, -0.15) is 0 Å². The molecule has 0 aliphatic carbocycles. The number of hydrogen-bond donors (Lipinski definition) is 3. The van der Waals surface area contributed by atoms with Crippen LogP contribution < -0.4 is 20.3 Å². The summed E-state index contributed by atoms with van der Waals surface area (Å²) in [6, 6.07) is 7.71. The molecule has 1 amide bonds. The maximum Gasteiger partial charge on any atom is 0.245 e. The van der Waals surface area contributed by atoms with Crippen molar-refractivity contribution in [1.82, 2.24) is 15.4 Å². The first-order valence-corrected chi connectivity index (χ1v) is 10.8. The number of carbonyl (C=O) groups excluding carboxylic acids is 1. The van der Waals surface area contributed by atoms with Crippen molar-refractivity contribution in [3.63, 3.8) is 0 Å². The fourth-order valence-corrected chi connectivity index (χ4v) is 3.42. The predicted molar refractivity (Wildman–Crippen MR) is 126 cm³/mol. The van der Waals surface area contributed by atoms with E-state index in [-0.39, 0.29) is 17.9 Å². The molecule has 3 aromatic rings. The minimum absolute atomic E-state index is 0.0134. The molecule has 11 heteroatoms. The molecule has 35 heavy (non-hydrogen) atoms. The number of allylic oxidation sites excluding steroid dienone is 1. The smallest absolute Gasteiger partial charge is 0.245 e. The van der Waals surface area contributed by atoms with Crippen molar-refractivity contribution in [3.8, 4) is 23.3 Å². The summed E-state index contributed by atoms with van der Waals surface area (Å²) in [6.45, 7) is 0. The molecule has 0 saturated carbocycles. The molecule has 0 spiro atoms. The van der Waals surface area contributed by atoms with Crippen molar-refractivity contribution < 1.29 is 28.6 Å². The number of aromatic nitrogens is 2. The number of fused-ring (bicyclic) bond motifs is 1. The number of ether oxygens (including phenoxy) is 3. The minimum atomic E-state index is -0.636. The van der Waals surface area contributed by atoms with Gasteiger partial charge in [-0.1, -0.05) is 17.5 Å². The zero-order chi connectivity index (χ0) is 24.8. The molecule has 0 fully saturated rings. The van der Waals surface area contributed by atoms with Crippen LogP contribution in [0.4, 0.5) is 15.9 Å². The number of nitrogens with one attached hydrogen (secondary N) is 2. The molecule has 2 heterocycles. The first-order valence-electron chi connectivity index (χ1n) is 10.5. The van der Waals surface area contributed by atoms with E-state index in [9.17, 15) is 9.18 Å². The van der Waals surface area contributed by atoms with Crippen LogP contribution in [0.2, 0.25) is 5.02 Å². The van der Waals surface area contributed by atoms with E-state index in [1.54, 1.807) is 29.8 Å². The average Bonchev–Trinajstić information content (AvgIpc) is 3.31. The van der Waals surface area contributed by atoms with Crippen LogP contribution in [-0.4, -0.2) is 34.5 Å². The van der Waals surface area contributed by atoms with Crippen LogP contribution in [0.25, 0.3) is 10.9 Å². The van der Waals surface area contributed by atoms with Crippen molar-refractivity contribution >= 4 is 39.9 Å². The lowest BCUT2D eigenvalue weighted by atomic mass is 10.2. The SMILES string of the molecule is COc1cc2ncnc(Nc3ccc(F)c(Cl)c3)c2cc1OC1CC=C(C#CCCC(=O)NO)O1. The molecule has 0 saturated heterocycles. The molecule has 0 bridgehead atoms. The molecule has 0 radical (unpaired) electrons. The number of hydrogen-bond acceptors (Lipinski definition) is 8. The van der Waals surface area contributed by atoms with Gasteiger partial charge in [0.25, 0.3) is 0 Å². The summed E-state index contributed by atoms with van der Waals surface area (Å²) in [6.07, 6.45) is 3.34. The van der Waals surface area contributed by atoms with Gasteiger partial charge < -0.3 is 19.5 Å². The topological polar surface area (TPSA) is 115 Å². The highest BCUT2D eigenvalue weighted by atomic mass is 35.5. The predicted octanol–water partition coefficient (Wildman–Crippen LogP) is 4.47. The molecule has 1 aliphatic heterocycles. The highest BCUT2D eigenvalue weighted by Gasteiger charge is 2.21. The first-order chi connectivity index (χ1) is 17.0. The van der Waals surface area contributed by atoms with Crippen LogP contribution in [0.15, 0.2) is 48.5 Å². The molecule has 1 aliphatic rings. The summed E-state index contributed by atoms with van der Waals surface area (Å²) in [5.74, 6) is 6.36. The molecule has 9 nitrogen and oxygen atoms in total. The van der Waals surface area contributed by atoms with Gasteiger partial charge >= 0.3 is 0 Å². The maximum atomic E-state index is 13.5. The number of carbonyl (C=O) groups is 1. The van der Waals surface area contributed by atoms with E-state index < -0.39 is 18.0 Å². The Bertz CT molecular complexity index is 1350. The number of rotatable bonds is 7. The van der Waals surface area contributed by atoms with Gasteiger partial charge in [0.1, 0.15) is 18.0 Å². The monoisotopic (exact) mass is 498 g/mol. The Balaban J connectivity index is 1.51. The van der Waals surface area contributed by atoms with E-state index in [1.807, 2.05) is 0 Å². The van der Waals surface area contributed by atoms with E-state index >= 15 is 0 Å². The number of hydroxylamine groups is 1. The van der Waals surface area contributed by atoms with Gasteiger partial charge in [-0.05, 0) is 36.3 Å². The fraction of sp³-hybridized carbons (Fsp3) is 0.208. The van der Waals surface area contributed by atoms with E-state index in [2.05, 4.69) is 27.1 Å². The molecule has 180 valence electrons. The standard InChI is InChI=1S/C24H20ClFN4O5/c1-33-20-12-19-16(24(28-13-27-19)29-14-6-8-18(26)17(25)10-14)11-21(20)35-23-9-7-15(34-23)4-2-3-5-22(31)30-32/h6-8,10-13,23,32H,3,5,9H2,1H3,(H,30,31)(H,27,28,29). The van der Waals surface area contributed by atoms with Crippen LogP contribution in [-0.2, 0) is 9.53 Å². The van der Waals surface area contributed by atoms with Crippen molar-refractivity contribution in [2.75, 3.05) is 12.4 Å². The number of benzene rings is 2. The summed E-state index contributed by atoms with van der Waals surface area (Å²) in [5, 5.41) is 12.2. The van der Waals surface area contributed by atoms with Crippen molar-refractivity contribution in [2.45, 2.75) is 25.6 Å². The molecule has 2 aromatic carbocycles. The van der Waals surface area contributed by atoms with E-state index in [0.717, 1.165) is 0 Å². The van der Waals surface area contributed by atoms with Gasteiger partial charge in [0.15, 0.2) is 17.3 Å². The summed E-state index contributed by atoms with van der Waals surface area (Å²) < 4.78 is 30.7. The van der Waals surface area contributed by atoms with Crippen LogP contribution in [0.5, 0.6) is 11.5 Å². The van der Waals surface area contributed by atoms with E-state index in [4.69, 9.17) is 31.0 Å². The highest BCUT2D eigenvalue weighted by molar-refractivity contribution is 6.31. The second-order valence-electron chi connectivity index (χ2n) is 7.30. The zero-order valence-electron chi connectivity index (χ0n) is 18.5. The zero-order valence-corrected chi connectivity index (χ0v) is 19.2. The highest BCUT2D eigenvalue weighted by Crippen LogP contribution is 2.36. The largest absolute Gasteiger partial charge is 0.493 e. The lowest BCUT2D eigenvalue weighted by molar-refractivity contribution is -0.129. The molecule has 1 aromatic heterocycles. The van der Waals surface area contributed by atoms with Gasteiger partial charge in [-0.3, -0.25) is 10.0 Å². The van der Waals surface area contributed by atoms with Crippen molar-refractivity contribution in [3.05, 3.63) is 59.3 Å². The Kier molecular flexibility index (Phi) is 7.50. The first kappa shape index (κ1) is 24.1. The Morgan fingerprint density at radius 2 is 2.17 bits per heavy atom. The minimum Gasteiger partial charge on any atom is -0.493 e. The van der Waals surface area contributed by atoms with Crippen molar-refractivity contribution in [2.24, 2.45) is 0 Å². The molecule has 1 atom stereocenters. The van der Waals surface area contributed by atoms with E-state index in [0.29, 0.717) is 46.1 Å². The molecule has 3 N–H and O–H groups in total. The van der Waals surface area contributed by atoms with Gasteiger partial charge in [0.05, 0.1) is 17.6 Å². The normalized spacial score (nSPS) is 14.4. The van der Waals surface area contributed by atoms with Crippen molar-refractivity contribution in [1.29, 1.82) is 0 Å². The Labute approximate surface area is 204 Å². The van der Waals surface area contributed by atoms with Crippen LogP contribution in [0, 0.1) is 17.7 Å². The number of anilines is 2. The number of methoxy groups -OCH3 is 1. The van der Waals surface area contributed by atoms with Crippen LogP contribution in [0.3, 0.4) is 0 Å². The van der Waals surface area contributed by atoms with Gasteiger partial charge in [0.2, 0.25) is 12.2 Å². The second-order valence-corrected chi connectivity index (χ2v) is 7.71. The third kappa shape index (κ3) is 5.90. The fourth-order valence-electron chi connectivity index (χ4n) is 3.24. The van der Waals surface area contributed by atoms with Gasteiger partial charge in [0, 0.05) is 36.4 Å². The lowest BCUT2D eigenvalue weighted by Gasteiger charge is -2.17. The van der Waals surface area contributed by atoms with Gasteiger partial charge in [-0.25, -0.2) is 19.8 Å². The Morgan fingerprint density at radius 1 is 1.31 bits per heavy atom. The van der Waals surface area contributed by atoms with Crippen LogP contribution in [0.1, 0.15) is 19.3 Å². The summed E-state index contributed by atoms with van der Waals surface area (Å²) in [7, 11) is 1.52. The third-order valence-electron chi connectivity index (χ3n) is 4.93. The average molecular weight is 499 g/mol. The number of amides is 1. The second kappa shape index (κ2) is 10.9. The molecular formula is C24H20ClFN4O5.